The van der Waals surface area contributed by atoms with Crippen LogP contribution in [0.1, 0.15) is 6.92 Å². The monoisotopic (exact) mass is 300 g/mol. The lowest BCUT2D eigenvalue weighted by Crippen LogP contribution is -2.31. The number of hydrogen-bond donors (Lipinski definition) is 0. The van der Waals surface area contributed by atoms with E-state index < -0.39 is 44.0 Å². The second-order valence-corrected chi connectivity index (χ2v) is 6.90. The van der Waals surface area contributed by atoms with Crippen molar-refractivity contribution in [2.45, 2.75) is 13.0 Å². The first-order valence-electron chi connectivity index (χ1n) is 4.81. The Bertz CT molecular complexity index is 529. The molecule has 1 atom stereocenters. The van der Waals surface area contributed by atoms with E-state index in [1.165, 1.54) is 6.08 Å². The fraction of sp³-hybridized carbons (Fsp3) is 0.625. The van der Waals surface area contributed by atoms with Gasteiger partial charge in [-0.05, 0) is 6.92 Å². The molecule has 0 aromatic carbocycles. The van der Waals surface area contributed by atoms with Gasteiger partial charge in [-0.15, -0.1) is 0 Å². The Morgan fingerprint density at radius 1 is 1.33 bits per heavy atom. The van der Waals surface area contributed by atoms with Crippen molar-refractivity contribution in [1.82, 2.24) is 0 Å². The lowest BCUT2D eigenvalue weighted by molar-refractivity contribution is -0.151. The second kappa shape index (κ2) is 5.78. The quantitative estimate of drug-likeness (QED) is 0.376. The van der Waals surface area contributed by atoms with Gasteiger partial charge < -0.3 is 4.74 Å². The van der Waals surface area contributed by atoms with Crippen LogP contribution in [0.2, 0.25) is 0 Å². The first kappa shape index (κ1) is 15.1. The summed E-state index contributed by atoms with van der Waals surface area (Å²) in [6.45, 7) is 0.911. The van der Waals surface area contributed by atoms with Gasteiger partial charge in [0.2, 0.25) is 5.08 Å². The molecule has 1 saturated heterocycles. The maximum Gasteiger partial charge on any atom is 0.339 e. The molecule has 1 rings (SSSR count). The summed E-state index contributed by atoms with van der Waals surface area (Å²) in [5.74, 6) is -1.01. The molecule has 104 valence electrons. The summed E-state index contributed by atoms with van der Waals surface area (Å²) in [7, 11) is -8.64. The van der Waals surface area contributed by atoms with Crippen LogP contribution in [-0.4, -0.2) is 47.2 Å². The van der Waals surface area contributed by atoms with Gasteiger partial charge in [-0.25, -0.2) is 4.79 Å². The van der Waals surface area contributed by atoms with Gasteiger partial charge in [-0.2, -0.15) is 16.8 Å². The summed E-state index contributed by atoms with van der Waals surface area (Å²) in [5, 5.41) is -1.32. The van der Waals surface area contributed by atoms with E-state index in [1.807, 2.05) is 0 Å². The maximum absolute atomic E-state index is 11.4. The van der Waals surface area contributed by atoms with Crippen molar-refractivity contribution >= 4 is 26.2 Å². The summed E-state index contributed by atoms with van der Waals surface area (Å²) in [4.78, 5) is 11.4. The van der Waals surface area contributed by atoms with Crippen LogP contribution in [0.25, 0.3) is 0 Å². The zero-order valence-corrected chi connectivity index (χ0v) is 11.1. The standard InChI is InChI=1S/C8H12O8S2/c1-2-3-4-14-8(9)7-5-15-17(10,11)6-18(12,13)16-7/h2-3,7H,4-6H2,1H3/b3-2+. The fourth-order valence-electron chi connectivity index (χ4n) is 1.04. The van der Waals surface area contributed by atoms with Gasteiger partial charge >= 0.3 is 5.97 Å². The highest BCUT2D eigenvalue weighted by Crippen LogP contribution is 2.13. The zero-order chi connectivity index (χ0) is 13.8. The van der Waals surface area contributed by atoms with Gasteiger partial charge in [0, 0.05) is 0 Å². The first-order chi connectivity index (χ1) is 8.26. The van der Waals surface area contributed by atoms with Crippen molar-refractivity contribution in [3.05, 3.63) is 12.2 Å². The molecular weight excluding hydrogens is 288 g/mol. The molecule has 1 aliphatic heterocycles. The number of hydrogen-bond acceptors (Lipinski definition) is 8. The molecule has 0 bridgehead atoms. The van der Waals surface area contributed by atoms with Gasteiger partial charge in [0.15, 0.2) is 6.10 Å². The van der Waals surface area contributed by atoms with Crippen LogP contribution in [0.4, 0.5) is 0 Å². The van der Waals surface area contributed by atoms with Gasteiger partial charge in [0.1, 0.15) is 13.2 Å². The number of rotatable bonds is 3. The maximum atomic E-state index is 11.4. The van der Waals surface area contributed by atoms with E-state index >= 15 is 0 Å². The van der Waals surface area contributed by atoms with E-state index in [1.54, 1.807) is 13.0 Å². The molecule has 0 aliphatic carbocycles. The van der Waals surface area contributed by atoms with Crippen molar-refractivity contribution in [3.63, 3.8) is 0 Å². The lowest BCUT2D eigenvalue weighted by atomic mass is 10.4. The average Bonchev–Trinajstić information content (AvgIpc) is 2.33. The summed E-state index contributed by atoms with van der Waals surface area (Å²) < 4.78 is 58.0. The van der Waals surface area contributed by atoms with Gasteiger partial charge in [-0.1, -0.05) is 12.2 Å². The summed E-state index contributed by atoms with van der Waals surface area (Å²) >= 11 is 0. The van der Waals surface area contributed by atoms with Gasteiger partial charge in [0.05, 0.1) is 0 Å². The molecule has 0 aromatic rings. The Hall–Kier alpha value is -0.970. The largest absolute Gasteiger partial charge is 0.459 e. The van der Waals surface area contributed by atoms with E-state index in [2.05, 4.69) is 13.1 Å². The molecule has 0 radical (unpaired) electrons. The minimum absolute atomic E-state index is 0.0675. The van der Waals surface area contributed by atoms with Crippen LogP contribution >= 0.6 is 0 Å². The predicted molar refractivity (Wildman–Crippen MR) is 59.3 cm³/mol. The molecule has 0 saturated carbocycles. The number of esters is 1. The third-order valence-corrected chi connectivity index (χ3v) is 5.10. The third-order valence-electron chi connectivity index (χ3n) is 1.77. The minimum atomic E-state index is -4.38. The average molecular weight is 300 g/mol. The van der Waals surface area contributed by atoms with Crippen molar-refractivity contribution in [3.8, 4) is 0 Å². The molecule has 0 amide bonds. The predicted octanol–water partition coefficient (Wildman–Crippen LogP) is -0.862. The van der Waals surface area contributed by atoms with Crippen LogP contribution in [-0.2, 0) is 38.1 Å². The van der Waals surface area contributed by atoms with Crippen molar-refractivity contribution in [2.75, 3.05) is 18.3 Å². The van der Waals surface area contributed by atoms with Gasteiger partial charge in [0.25, 0.3) is 20.2 Å². The Kier molecular flexibility index (Phi) is 4.85. The highest BCUT2D eigenvalue weighted by atomic mass is 32.3. The summed E-state index contributed by atoms with van der Waals surface area (Å²) in [6, 6.07) is 0. The van der Waals surface area contributed by atoms with E-state index in [4.69, 9.17) is 0 Å². The summed E-state index contributed by atoms with van der Waals surface area (Å²) in [6.07, 6.45) is 1.53. The van der Waals surface area contributed by atoms with E-state index in [0.29, 0.717) is 0 Å². The first-order valence-corrected chi connectivity index (χ1v) is 7.97. The topological polar surface area (TPSA) is 113 Å². The van der Waals surface area contributed by atoms with Crippen molar-refractivity contribution in [2.24, 2.45) is 0 Å². The van der Waals surface area contributed by atoms with Crippen LogP contribution in [0, 0.1) is 0 Å². The molecule has 1 heterocycles. The minimum Gasteiger partial charge on any atom is -0.459 e. The molecule has 10 heteroatoms. The molecule has 1 fully saturated rings. The molecule has 1 aliphatic rings. The highest BCUT2D eigenvalue weighted by molar-refractivity contribution is 8.03. The second-order valence-electron chi connectivity index (χ2n) is 3.30. The SMILES string of the molecule is C/C=C/COC(=O)C1COS(=O)(=O)CS(=O)(=O)O1. The number of ether oxygens (including phenoxy) is 1. The smallest absolute Gasteiger partial charge is 0.339 e. The fourth-order valence-corrected chi connectivity index (χ4v) is 3.76. The molecule has 0 aromatic heterocycles. The number of carbonyl (C=O) groups excluding carboxylic acids is 1. The molecule has 1 unspecified atom stereocenters. The molecule has 18 heavy (non-hydrogen) atoms. The van der Waals surface area contributed by atoms with E-state index in [-0.39, 0.29) is 6.61 Å². The summed E-state index contributed by atoms with van der Waals surface area (Å²) in [5.41, 5.74) is 0. The lowest BCUT2D eigenvalue weighted by Gasteiger charge is -2.10. The molecule has 0 spiro atoms. The van der Waals surface area contributed by atoms with Crippen molar-refractivity contribution < 1.29 is 34.7 Å². The van der Waals surface area contributed by atoms with Crippen molar-refractivity contribution in [1.29, 1.82) is 0 Å². The van der Waals surface area contributed by atoms with Crippen LogP contribution in [0.5, 0.6) is 0 Å². The highest BCUT2D eigenvalue weighted by Gasteiger charge is 2.37. The van der Waals surface area contributed by atoms with Crippen LogP contribution in [0.3, 0.4) is 0 Å². The normalized spacial score (nSPS) is 26.6. The Balaban J connectivity index is 2.76. The third kappa shape index (κ3) is 4.72. The molecule has 8 nitrogen and oxygen atoms in total. The zero-order valence-electron chi connectivity index (χ0n) is 9.44. The van der Waals surface area contributed by atoms with E-state index in [0.717, 1.165) is 0 Å². The van der Waals surface area contributed by atoms with Crippen LogP contribution < -0.4 is 0 Å². The molecular formula is C8H12O8S2. The number of carbonyl (C=O) groups is 1. The van der Waals surface area contributed by atoms with Crippen LogP contribution in [0.15, 0.2) is 12.2 Å². The van der Waals surface area contributed by atoms with Gasteiger partial charge in [-0.3, -0.25) is 8.37 Å². The number of allylic oxidation sites excluding steroid dienone is 1. The Morgan fingerprint density at radius 2 is 2.00 bits per heavy atom. The molecule has 0 N–H and O–H groups in total. The Morgan fingerprint density at radius 3 is 2.61 bits per heavy atom. The Labute approximate surface area is 105 Å². The van der Waals surface area contributed by atoms with E-state index in [9.17, 15) is 21.6 Å².